The van der Waals surface area contributed by atoms with Crippen LogP contribution in [0.4, 0.5) is 0 Å². The molecule has 0 aromatic heterocycles. The maximum absolute atomic E-state index is 9.47. The van der Waals surface area contributed by atoms with E-state index < -0.39 is 7.82 Å². The average Bonchev–Trinajstić information content (AvgIpc) is 1.30. The monoisotopic (exact) mass is 198 g/mol. The molecule has 0 amide bonds. The summed E-state index contributed by atoms with van der Waals surface area (Å²) < 4.78 is 12.7. The van der Waals surface area contributed by atoms with Crippen LogP contribution < -0.4 is 88.7 Å². The van der Waals surface area contributed by atoms with E-state index in [0.29, 0.717) is 0 Å². The molecule has 48 valence electrons. The number of carbonyl (C=O) groups excluding carboxylic acids is 1. The smallest absolute Gasteiger partial charge is 1.00 e. The van der Waals surface area contributed by atoms with Crippen molar-refractivity contribution in [3.8, 4) is 0 Å². The first kappa shape index (κ1) is 22.9. The van der Waals surface area contributed by atoms with E-state index in [1.165, 1.54) is 0 Å². The second-order valence-corrected chi connectivity index (χ2v) is 1.88. The number of carbonyl (C=O) groups is 1. The van der Waals surface area contributed by atoms with Crippen molar-refractivity contribution in [1.29, 1.82) is 0 Å². The van der Waals surface area contributed by atoms with Crippen LogP contribution in [0.5, 0.6) is 0 Å². The van der Waals surface area contributed by atoms with Gasteiger partial charge in [-0.15, -0.1) is 0 Å². The third-order valence-corrected chi connectivity index (χ3v) is 0.541. The summed E-state index contributed by atoms with van der Waals surface area (Å²) in [5.41, 5.74) is 0. The van der Waals surface area contributed by atoms with Crippen LogP contribution in [0.25, 0.3) is 0 Å². The molecule has 0 heterocycles. The molecule has 0 aliphatic rings. The summed E-state index contributed by atoms with van der Waals surface area (Å²) in [5, 5.41) is 0. The minimum absolute atomic E-state index is 0. The van der Waals surface area contributed by atoms with Gasteiger partial charge in [0.15, 0.2) is 0 Å². The first-order valence-corrected chi connectivity index (χ1v) is 2.77. The first-order valence-electron chi connectivity index (χ1n) is 1.24. The van der Waals surface area contributed by atoms with E-state index in [4.69, 9.17) is 14.6 Å². The van der Waals surface area contributed by atoms with Gasteiger partial charge in [-0.2, -0.15) is 0 Å². The second kappa shape index (κ2) is 11.6. The van der Waals surface area contributed by atoms with Crippen molar-refractivity contribution in [2.75, 3.05) is 0 Å². The molecule has 0 aliphatic heterocycles. The standard InChI is InChI=1S/CH3O5P.3Na.3H/c2-1-6-7(3,4)5;;;;;;/h1H,(H2,3,4,5);;;;;;/q;3*+1;3*-1. The van der Waals surface area contributed by atoms with Crippen molar-refractivity contribution in [1.82, 2.24) is 0 Å². The van der Waals surface area contributed by atoms with E-state index in [1.54, 1.807) is 0 Å². The molecule has 0 aromatic carbocycles. The van der Waals surface area contributed by atoms with Crippen LogP contribution in [0, 0.1) is 0 Å². The van der Waals surface area contributed by atoms with Gasteiger partial charge in [-0.05, 0) is 0 Å². The normalized spacial score (nSPS) is 7.40. The zero-order valence-electron chi connectivity index (χ0n) is 9.14. The largest absolute Gasteiger partial charge is 1.00 e. The van der Waals surface area contributed by atoms with Crippen molar-refractivity contribution >= 4 is 14.3 Å². The molecule has 0 aliphatic carbocycles. The SMILES string of the molecule is O=COP(=O)(O)O.[H-].[H-].[H-].[Na+].[Na+].[Na+]. The minimum atomic E-state index is -4.53. The molecule has 0 rings (SSSR count). The molecule has 5 nitrogen and oxygen atoms in total. The Labute approximate surface area is 129 Å². The molecular formula is CH6Na3O5P. The minimum Gasteiger partial charge on any atom is -1.00 e. The molecule has 0 radical (unpaired) electrons. The number of rotatable bonds is 2. The molecular weight excluding hydrogens is 192 g/mol. The molecule has 9 heteroatoms. The van der Waals surface area contributed by atoms with Gasteiger partial charge in [0.25, 0.3) is 0 Å². The van der Waals surface area contributed by atoms with Crippen molar-refractivity contribution in [2.24, 2.45) is 0 Å². The third kappa shape index (κ3) is 22.4. The van der Waals surface area contributed by atoms with Crippen LogP contribution in [0.15, 0.2) is 0 Å². The van der Waals surface area contributed by atoms with E-state index >= 15 is 0 Å². The summed E-state index contributed by atoms with van der Waals surface area (Å²) >= 11 is 0. The fourth-order valence-corrected chi connectivity index (χ4v) is 0.168. The molecule has 0 unspecified atom stereocenters. The van der Waals surface area contributed by atoms with Crippen molar-refractivity contribution in [3.05, 3.63) is 0 Å². The Balaban J connectivity index is -0.0000000120. The Hall–Kier alpha value is 2.62. The summed E-state index contributed by atoms with van der Waals surface area (Å²) in [5.74, 6) is 0. The molecule has 0 fully saturated rings. The predicted octanol–water partition coefficient (Wildman–Crippen LogP) is -9.40. The van der Waals surface area contributed by atoms with E-state index in [9.17, 15) is 4.57 Å². The van der Waals surface area contributed by atoms with E-state index in [0.717, 1.165) is 0 Å². The fraction of sp³-hybridized carbons (Fsp3) is 0. The van der Waals surface area contributed by atoms with Gasteiger partial charge in [-0.1, -0.05) is 0 Å². The van der Waals surface area contributed by atoms with Gasteiger partial charge < -0.3 is 8.80 Å². The molecule has 0 bridgehead atoms. The van der Waals surface area contributed by atoms with Crippen LogP contribution in [-0.2, 0) is 13.9 Å². The van der Waals surface area contributed by atoms with Gasteiger partial charge in [0.1, 0.15) is 0 Å². The Morgan fingerprint density at radius 1 is 1.30 bits per heavy atom. The fourth-order valence-electron chi connectivity index (χ4n) is 0.0561. The van der Waals surface area contributed by atoms with Crippen molar-refractivity contribution in [2.45, 2.75) is 0 Å². The molecule has 0 saturated carbocycles. The first-order chi connectivity index (χ1) is 3.06. The van der Waals surface area contributed by atoms with Crippen molar-refractivity contribution in [3.63, 3.8) is 0 Å². The van der Waals surface area contributed by atoms with E-state index in [1.807, 2.05) is 0 Å². The molecule has 0 spiro atoms. The Kier molecular flexibility index (Phi) is 26.6. The van der Waals surface area contributed by atoms with Crippen LogP contribution in [0.2, 0.25) is 0 Å². The Morgan fingerprint density at radius 3 is 1.60 bits per heavy atom. The van der Waals surface area contributed by atoms with Crippen LogP contribution >= 0.6 is 7.82 Å². The second-order valence-electron chi connectivity index (χ2n) is 0.692. The zero-order chi connectivity index (χ0) is 5.91. The molecule has 0 atom stereocenters. The average molecular weight is 198 g/mol. The Bertz CT molecular complexity index is 120. The maximum Gasteiger partial charge on any atom is 1.00 e. The van der Waals surface area contributed by atoms with Gasteiger partial charge >= 0.3 is 103 Å². The molecule has 2 N–H and O–H groups in total. The number of phosphoric acid groups is 1. The van der Waals surface area contributed by atoms with Gasteiger partial charge in [-0.3, -0.25) is 14.6 Å². The summed E-state index contributed by atoms with van der Waals surface area (Å²) in [6.45, 7) is -0.305. The summed E-state index contributed by atoms with van der Waals surface area (Å²) in [7, 11) is -4.53. The molecule has 10 heavy (non-hydrogen) atoms. The summed E-state index contributed by atoms with van der Waals surface area (Å²) in [6, 6.07) is 0. The van der Waals surface area contributed by atoms with Gasteiger partial charge in [0.2, 0.25) is 0 Å². The van der Waals surface area contributed by atoms with Gasteiger partial charge in [0, 0.05) is 0 Å². The van der Waals surface area contributed by atoms with Crippen molar-refractivity contribution < 1.29 is 117 Å². The number of phosphoric ester groups is 1. The van der Waals surface area contributed by atoms with E-state index in [-0.39, 0.29) is 99.4 Å². The molecule has 0 aromatic rings. The van der Waals surface area contributed by atoms with Crippen LogP contribution in [0.1, 0.15) is 4.28 Å². The topological polar surface area (TPSA) is 83.8 Å². The zero-order valence-corrected chi connectivity index (χ0v) is 13.0. The third-order valence-electron chi connectivity index (χ3n) is 0.180. The summed E-state index contributed by atoms with van der Waals surface area (Å²) in [6.07, 6.45) is 0. The van der Waals surface area contributed by atoms with Crippen LogP contribution in [0.3, 0.4) is 0 Å². The Morgan fingerprint density at radius 2 is 1.60 bits per heavy atom. The predicted molar refractivity (Wildman–Crippen MR) is 22.5 cm³/mol. The molecule has 0 saturated heterocycles. The maximum atomic E-state index is 9.47. The van der Waals surface area contributed by atoms with Crippen LogP contribution in [-0.4, -0.2) is 16.3 Å². The number of hydrogen-bond acceptors (Lipinski definition) is 3. The quantitative estimate of drug-likeness (QED) is 0.261. The van der Waals surface area contributed by atoms with Gasteiger partial charge in [0.05, 0.1) is 0 Å². The summed E-state index contributed by atoms with van der Waals surface area (Å²) in [4.78, 5) is 24.5. The number of hydrogen-bond donors (Lipinski definition) is 2. The van der Waals surface area contributed by atoms with Gasteiger partial charge in [-0.25, -0.2) is 4.57 Å². The van der Waals surface area contributed by atoms with E-state index in [2.05, 4.69) is 4.52 Å².